The lowest BCUT2D eigenvalue weighted by Gasteiger charge is -2.32. The van der Waals surface area contributed by atoms with Gasteiger partial charge in [0.25, 0.3) is 5.91 Å². The smallest absolute Gasteiger partial charge is 0.272 e. The first-order valence-corrected chi connectivity index (χ1v) is 11.0. The minimum Gasteiger partial charge on any atom is -0.496 e. The number of pyridine rings is 2. The second-order valence-corrected chi connectivity index (χ2v) is 8.78. The molecule has 32 heavy (non-hydrogen) atoms. The topological polar surface area (TPSA) is 73.8 Å². The molecule has 1 aliphatic heterocycles. The SMILES string of the molecule is COc1cc(C(=O)N2CCC(c3cnc(C)cc3OC)CC2)ncc1OCC1(CF)CC1. The number of halogens is 1. The fourth-order valence-corrected chi connectivity index (χ4v) is 4.12. The number of carbonyl (C=O) groups is 1. The zero-order valence-electron chi connectivity index (χ0n) is 18.9. The summed E-state index contributed by atoms with van der Waals surface area (Å²) in [5, 5.41) is 0. The lowest BCUT2D eigenvalue weighted by molar-refractivity contribution is 0.0706. The van der Waals surface area contributed by atoms with E-state index in [-0.39, 0.29) is 18.0 Å². The highest BCUT2D eigenvalue weighted by Gasteiger charge is 2.44. The van der Waals surface area contributed by atoms with Crippen LogP contribution in [-0.2, 0) is 0 Å². The van der Waals surface area contributed by atoms with Crippen LogP contribution in [0.1, 0.15) is 53.3 Å². The van der Waals surface area contributed by atoms with Gasteiger partial charge in [0.1, 0.15) is 11.4 Å². The van der Waals surface area contributed by atoms with E-state index in [4.69, 9.17) is 14.2 Å². The Labute approximate surface area is 187 Å². The molecule has 0 aromatic carbocycles. The maximum atomic E-state index is 13.1. The number of aryl methyl sites for hydroxylation is 1. The van der Waals surface area contributed by atoms with Crippen LogP contribution in [0, 0.1) is 12.3 Å². The summed E-state index contributed by atoms with van der Waals surface area (Å²) >= 11 is 0. The molecular formula is C24H30FN3O4. The van der Waals surface area contributed by atoms with Crippen molar-refractivity contribution in [1.29, 1.82) is 0 Å². The molecule has 7 nitrogen and oxygen atoms in total. The van der Waals surface area contributed by atoms with E-state index in [0.717, 1.165) is 42.7 Å². The van der Waals surface area contributed by atoms with Crippen molar-refractivity contribution < 1.29 is 23.4 Å². The number of hydrogen-bond acceptors (Lipinski definition) is 6. The van der Waals surface area contributed by atoms with Gasteiger partial charge in [0.15, 0.2) is 11.5 Å². The second-order valence-electron chi connectivity index (χ2n) is 8.78. The van der Waals surface area contributed by atoms with Crippen LogP contribution in [0.3, 0.4) is 0 Å². The van der Waals surface area contributed by atoms with Gasteiger partial charge in [-0.15, -0.1) is 0 Å². The van der Waals surface area contributed by atoms with Crippen molar-refractivity contribution in [2.45, 2.75) is 38.5 Å². The maximum Gasteiger partial charge on any atom is 0.272 e. The van der Waals surface area contributed by atoms with Crippen LogP contribution in [0.2, 0.25) is 0 Å². The Morgan fingerprint density at radius 3 is 2.44 bits per heavy atom. The van der Waals surface area contributed by atoms with Crippen molar-refractivity contribution in [3.05, 3.63) is 41.5 Å². The molecule has 4 rings (SSSR count). The Balaban J connectivity index is 1.39. The molecule has 1 amide bonds. The third-order valence-electron chi connectivity index (χ3n) is 6.52. The first-order chi connectivity index (χ1) is 15.5. The lowest BCUT2D eigenvalue weighted by atomic mass is 9.89. The van der Waals surface area contributed by atoms with E-state index in [2.05, 4.69) is 9.97 Å². The summed E-state index contributed by atoms with van der Waals surface area (Å²) in [7, 11) is 3.19. The predicted octanol–water partition coefficient (Wildman–Crippen LogP) is 3.95. The van der Waals surface area contributed by atoms with Gasteiger partial charge in [-0.2, -0.15) is 0 Å². The van der Waals surface area contributed by atoms with E-state index in [1.54, 1.807) is 13.2 Å². The molecule has 1 saturated heterocycles. The number of alkyl halides is 1. The normalized spacial score (nSPS) is 17.7. The minimum absolute atomic E-state index is 0.135. The minimum atomic E-state index is -0.389. The van der Waals surface area contributed by atoms with Gasteiger partial charge in [-0.3, -0.25) is 14.2 Å². The van der Waals surface area contributed by atoms with Crippen LogP contribution in [0.25, 0.3) is 0 Å². The van der Waals surface area contributed by atoms with Crippen molar-refractivity contribution in [2.24, 2.45) is 5.41 Å². The van der Waals surface area contributed by atoms with Crippen LogP contribution >= 0.6 is 0 Å². The molecule has 2 aromatic heterocycles. The summed E-state index contributed by atoms with van der Waals surface area (Å²) in [4.78, 5) is 23.6. The summed E-state index contributed by atoms with van der Waals surface area (Å²) in [6.45, 7) is 3.10. The van der Waals surface area contributed by atoms with Gasteiger partial charge in [-0.05, 0) is 38.5 Å². The number of methoxy groups -OCH3 is 2. The van der Waals surface area contributed by atoms with Gasteiger partial charge in [-0.25, -0.2) is 4.98 Å². The summed E-state index contributed by atoms with van der Waals surface area (Å²) in [5.74, 6) is 1.88. The molecule has 2 aliphatic rings. The van der Waals surface area contributed by atoms with Gasteiger partial charge in [0, 0.05) is 48.1 Å². The third-order valence-corrected chi connectivity index (χ3v) is 6.52. The van der Waals surface area contributed by atoms with E-state index < -0.39 is 0 Å². The highest BCUT2D eigenvalue weighted by Crippen LogP contribution is 2.46. The number of likely N-dealkylation sites (tertiary alicyclic amines) is 1. The number of ether oxygens (including phenoxy) is 3. The number of carbonyl (C=O) groups excluding carboxylic acids is 1. The molecule has 0 atom stereocenters. The molecular weight excluding hydrogens is 413 g/mol. The van der Waals surface area contributed by atoms with E-state index in [1.807, 2.05) is 24.1 Å². The fourth-order valence-electron chi connectivity index (χ4n) is 4.12. The number of rotatable bonds is 8. The molecule has 0 bridgehead atoms. The van der Waals surface area contributed by atoms with E-state index >= 15 is 0 Å². The third kappa shape index (κ3) is 4.64. The highest BCUT2D eigenvalue weighted by molar-refractivity contribution is 5.93. The zero-order valence-corrected chi connectivity index (χ0v) is 18.9. The van der Waals surface area contributed by atoms with Crippen LogP contribution in [0.15, 0.2) is 24.5 Å². The van der Waals surface area contributed by atoms with Crippen LogP contribution in [0.4, 0.5) is 4.39 Å². The molecule has 8 heteroatoms. The number of amides is 1. The Kier molecular flexibility index (Phi) is 6.48. The average molecular weight is 444 g/mol. The average Bonchev–Trinajstić information content (AvgIpc) is 3.62. The Morgan fingerprint density at radius 1 is 1.09 bits per heavy atom. The Hall–Kier alpha value is -2.90. The summed E-state index contributed by atoms with van der Waals surface area (Å²) < 4.78 is 29.8. The summed E-state index contributed by atoms with van der Waals surface area (Å²) in [5.41, 5.74) is 1.96. The number of nitrogens with zero attached hydrogens (tertiary/aromatic N) is 3. The molecule has 172 valence electrons. The molecule has 2 fully saturated rings. The van der Waals surface area contributed by atoms with Gasteiger partial charge in [0.05, 0.1) is 33.7 Å². The number of piperidine rings is 1. The van der Waals surface area contributed by atoms with Gasteiger partial charge < -0.3 is 19.1 Å². The van der Waals surface area contributed by atoms with Gasteiger partial charge in [0.2, 0.25) is 0 Å². The van der Waals surface area contributed by atoms with E-state index in [9.17, 15) is 9.18 Å². The molecule has 1 saturated carbocycles. The van der Waals surface area contributed by atoms with Crippen LogP contribution in [0.5, 0.6) is 17.2 Å². The van der Waals surface area contributed by atoms with Crippen molar-refractivity contribution in [3.63, 3.8) is 0 Å². The van der Waals surface area contributed by atoms with Gasteiger partial charge in [-0.1, -0.05) is 0 Å². The molecule has 1 aliphatic carbocycles. The van der Waals surface area contributed by atoms with Gasteiger partial charge >= 0.3 is 0 Å². The molecule has 0 unspecified atom stereocenters. The first kappa shape index (κ1) is 22.3. The number of aromatic nitrogens is 2. The van der Waals surface area contributed by atoms with E-state index in [1.165, 1.54) is 13.3 Å². The molecule has 0 radical (unpaired) electrons. The number of hydrogen-bond donors (Lipinski definition) is 0. The van der Waals surface area contributed by atoms with Crippen LogP contribution in [-0.4, -0.2) is 61.4 Å². The Bertz CT molecular complexity index is 972. The monoisotopic (exact) mass is 443 g/mol. The quantitative estimate of drug-likeness (QED) is 0.615. The Morgan fingerprint density at radius 2 is 1.81 bits per heavy atom. The van der Waals surface area contributed by atoms with E-state index in [0.29, 0.717) is 42.8 Å². The standard InChI is InChI=1S/C24H30FN3O4/c1-16-10-20(30-2)18(12-26-16)17-4-8-28(9-5-17)23(29)19-11-21(31-3)22(13-27-19)32-15-24(14-25)6-7-24/h10-13,17H,4-9,14-15H2,1-3H3. The van der Waals surface area contributed by atoms with Crippen molar-refractivity contribution in [2.75, 3.05) is 40.6 Å². The van der Waals surface area contributed by atoms with Crippen molar-refractivity contribution in [3.8, 4) is 17.2 Å². The fraction of sp³-hybridized carbons (Fsp3) is 0.542. The molecule has 0 N–H and O–H groups in total. The molecule has 3 heterocycles. The first-order valence-electron chi connectivity index (χ1n) is 11.0. The zero-order chi connectivity index (χ0) is 22.7. The molecule has 0 spiro atoms. The largest absolute Gasteiger partial charge is 0.496 e. The summed E-state index contributed by atoms with van der Waals surface area (Å²) in [6, 6.07) is 3.55. The highest BCUT2D eigenvalue weighted by atomic mass is 19.1. The van der Waals surface area contributed by atoms with Crippen molar-refractivity contribution in [1.82, 2.24) is 14.9 Å². The predicted molar refractivity (Wildman–Crippen MR) is 117 cm³/mol. The lowest BCUT2D eigenvalue weighted by Crippen LogP contribution is -2.38. The van der Waals surface area contributed by atoms with Crippen LogP contribution < -0.4 is 14.2 Å². The second kappa shape index (κ2) is 9.30. The maximum absolute atomic E-state index is 13.1. The van der Waals surface area contributed by atoms with Crippen molar-refractivity contribution >= 4 is 5.91 Å². The molecule has 2 aromatic rings. The summed E-state index contributed by atoms with van der Waals surface area (Å²) in [6.07, 6.45) is 6.70.